The summed E-state index contributed by atoms with van der Waals surface area (Å²) in [5.74, 6) is -0.480. The van der Waals surface area contributed by atoms with Gasteiger partial charge in [0.25, 0.3) is 0 Å². The number of ether oxygens (including phenoxy) is 5. The van der Waals surface area contributed by atoms with Gasteiger partial charge in [-0.05, 0) is 99.5 Å². The highest BCUT2D eigenvalue weighted by Crippen LogP contribution is 2.55. The van der Waals surface area contributed by atoms with E-state index in [0.29, 0.717) is 30.2 Å². The molecule has 2 aliphatic heterocycles. The number of hydrogen-bond donors (Lipinski definition) is 6. The molecule has 0 radical (unpaired) electrons. The topological polar surface area (TPSA) is 175 Å². The van der Waals surface area contributed by atoms with Crippen LogP contribution in [0.2, 0.25) is 0 Å². The van der Waals surface area contributed by atoms with Crippen molar-refractivity contribution in [3.8, 4) is 28.7 Å². The summed E-state index contributed by atoms with van der Waals surface area (Å²) in [5.41, 5.74) is 7.83. The Morgan fingerprint density at radius 3 is 2.11 bits per heavy atom. The van der Waals surface area contributed by atoms with Gasteiger partial charge in [0, 0.05) is 11.8 Å². The van der Waals surface area contributed by atoms with E-state index >= 15 is 0 Å². The van der Waals surface area contributed by atoms with Crippen molar-refractivity contribution in [1.29, 1.82) is 0 Å². The Kier molecular flexibility index (Phi) is 11.2. The second-order valence-electron chi connectivity index (χ2n) is 11.5. The second-order valence-corrected chi connectivity index (χ2v) is 11.5. The molecule has 3 aliphatic rings. The third-order valence-electron chi connectivity index (χ3n) is 8.62. The Morgan fingerprint density at radius 2 is 1.49 bits per heavy atom. The molecule has 1 amide bonds. The molecule has 5 rings (SSSR count). The number of cyclic esters (lactones) is 1. The molecule has 1 fully saturated rings. The molecule has 0 spiro atoms. The molecule has 0 aromatic heterocycles. The first kappa shape index (κ1) is 32.6. The molecule has 1 saturated heterocycles. The first-order chi connectivity index (χ1) is 22.0. The van der Waals surface area contributed by atoms with E-state index in [1.165, 1.54) is 14.2 Å². The van der Waals surface area contributed by atoms with Crippen molar-refractivity contribution >= 4 is 11.9 Å². The van der Waals surface area contributed by atoms with Crippen LogP contribution in [0.15, 0.2) is 24.3 Å². The van der Waals surface area contributed by atoms with E-state index in [1.54, 1.807) is 12.1 Å². The van der Waals surface area contributed by atoms with E-state index in [1.807, 2.05) is 12.1 Å². The summed E-state index contributed by atoms with van der Waals surface area (Å²) in [6, 6.07) is 6.68. The van der Waals surface area contributed by atoms with Gasteiger partial charge in [-0.25, -0.2) is 0 Å². The van der Waals surface area contributed by atoms with Crippen molar-refractivity contribution in [2.24, 2.45) is 17.6 Å². The van der Waals surface area contributed by atoms with Crippen LogP contribution in [0.3, 0.4) is 0 Å². The number of methoxy groups -OCH3 is 2. The number of fused-ring (bicyclic) bond motifs is 3. The number of nitrogens with one attached hydrogen (secondary N) is 4. The quantitative estimate of drug-likeness (QED) is 0.109. The smallest absolute Gasteiger partial charge is 0.310 e. The number of aromatic hydroxyl groups is 1. The lowest BCUT2D eigenvalue weighted by molar-refractivity contribution is -0.141. The maximum atomic E-state index is 13.3. The summed E-state index contributed by atoms with van der Waals surface area (Å²) in [6.07, 6.45) is 2.93. The molecule has 13 heteroatoms. The Bertz CT molecular complexity index is 1320. The van der Waals surface area contributed by atoms with Crippen LogP contribution in [0.5, 0.6) is 28.7 Å². The molecule has 2 heterocycles. The van der Waals surface area contributed by atoms with E-state index in [-0.39, 0.29) is 55.0 Å². The van der Waals surface area contributed by atoms with Crippen LogP contribution < -0.4 is 45.9 Å². The van der Waals surface area contributed by atoms with Crippen molar-refractivity contribution in [2.75, 3.05) is 73.4 Å². The molecule has 0 bridgehead atoms. The van der Waals surface area contributed by atoms with Crippen molar-refractivity contribution < 1.29 is 38.4 Å². The summed E-state index contributed by atoms with van der Waals surface area (Å²) in [4.78, 5) is 26.5. The predicted octanol–water partition coefficient (Wildman–Crippen LogP) is 1.13. The number of nitrogens with two attached hydrogens (primary N) is 1. The van der Waals surface area contributed by atoms with Crippen LogP contribution in [0, 0.1) is 11.8 Å². The molecule has 2 aromatic carbocycles. The Hall–Kier alpha value is -3.78. The highest BCUT2D eigenvalue weighted by atomic mass is 16.7. The molecule has 13 nitrogen and oxygen atoms in total. The van der Waals surface area contributed by atoms with E-state index < -0.39 is 17.9 Å². The van der Waals surface area contributed by atoms with Crippen molar-refractivity contribution in [2.45, 2.75) is 31.2 Å². The van der Waals surface area contributed by atoms with Crippen LogP contribution in [-0.4, -0.2) is 90.4 Å². The summed E-state index contributed by atoms with van der Waals surface area (Å²) in [6.45, 7) is 5.49. The monoisotopic (exact) mass is 627 g/mol. The standard InChI is InChI=1S/C32H45N5O8/c1-41-25-12-19(13-26(42-2)31(25)39)28-20-14-23-24(45-18-44-23)15-21(20)30(22-17-43-32(40)29(22)28)37-27(38)16-36-11-5-10-35-9-4-8-34-7-3-6-33/h12-15,22,28-30,34-36,39H,3-11,16-18,33H2,1-2H3,(H,37,38). The third kappa shape index (κ3) is 7.38. The number of phenols is 1. The lowest BCUT2D eigenvalue weighted by Gasteiger charge is -2.39. The minimum Gasteiger partial charge on any atom is -0.502 e. The summed E-state index contributed by atoms with van der Waals surface area (Å²) >= 11 is 0. The summed E-state index contributed by atoms with van der Waals surface area (Å²) in [7, 11) is 2.91. The zero-order chi connectivity index (χ0) is 31.8. The number of esters is 1. The molecule has 4 unspecified atom stereocenters. The molecule has 45 heavy (non-hydrogen) atoms. The van der Waals surface area contributed by atoms with Crippen LogP contribution in [0.4, 0.5) is 0 Å². The van der Waals surface area contributed by atoms with Gasteiger partial charge in [-0.1, -0.05) is 0 Å². The number of hydrogen-bond acceptors (Lipinski definition) is 12. The Labute approximate surface area is 263 Å². The van der Waals surface area contributed by atoms with Crippen LogP contribution in [0.1, 0.15) is 47.9 Å². The van der Waals surface area contributed by atoms with Crippen LogP contribution >= 0.6 is 0 Å². The first-order valence-corrected chi connectivity index (χ1v) is 15.6. The van der Waals surface area contributed by atoms with Gasteiger partial charge in [0.2, 0.25) is 18.4 Å². The van der Waals surface area contributed by atoms with Gasteiger partial charge < -0.3 is 55.8 Å². The van der Waals surface area contributed by atoms with Gasteiger partial charge in [-0.3, -0.25) is 9.59 Å². The lowest BCUT2D eigenvalue weighted by atomic mass is 9.65. The maximum Gasteiger partial charge on any atom is 0.310 e. The molecular weight excluding hydrogens is 582 g/mol. The number of amides is 1. The van der Waals surface area contributed by atoms with Gasteiger partial charge in [0.05, 0.1) is 39.3 Å². The highest BCUT2D eigenvalue weighted by Gasteiger charge is 2.53. The third-order valence-corrected chi connectivity index (χ3v) is 8.62. The number of carbonyl (C=O) groups excluding carboxylic acids is 2. The minimum atomic E-state index is -0.600. The van der Waals surface area contributed by atoms with Crippen LogP contribution in [-0.2, 0) is 14.3 Å². The Balaban J connectivity index is 1.27. The summed E-state index contributed by atoms with van der Waals surface area (Å²) < 4.78 is 27.9. The molecular formula is C32H45N5O8. The molecule has 2 aromatic rings. The molecule has 246 valence electrons. The number of rotatable bonds is 17. The largest absolute Gasteiger partial charge is 0.502 e. The zero-order valence-electron chi connectivity index (χ0n) is 26.0. The zero-order valence-corrected chi connectivity index (χ0v) is 26.0. The van der Waals surface area contributed by atoms with Gasteiger partial charge in [-0.15, -0.1) is 0 Å². The molecule has 1 aliphatic carbocycles. The minimum absolute atomic E-state index is 0.0835. The van der Waals surface area contributed by atoms with Gasteiger partial charge >= 0.3 is 5.97 Å². The SMILES string of the molecule is COc1cc(C2c3cc4c(cc3C(NC(=O)CNCCCNCCCNCCCN)C3COC(=O)C23)OCO4)cc(OC)c1O. The van der Waals surface area contributed by atoms with E-state index in [4.69, 9.17) is 29.4 Å². The average Bonchev–Trinajstić information content (AvgIpc) is 3.67. The average molecular weight is 628 g/mol. The molecule has 4 atom stereocenters. The highest BCUT2D eigenvalue weighted by molar-refractivity contribution is 5.81. The number of carbonyl (C=O) groups is 2. The van der Waals surface area contributed by atoms with Crippen molar-refractivity contribution in [3.05, 3.63) is 41.0 Å². The van der Waals surface area contributed by atoms with E-state index in [0.717, 1.165) is 56.6 Å². The van der Waals surface area contributed by atoms with Crippen LogP contribution in [0.25, 0.3) is 0 Å². The van der Waals surface area contributed by atoms with Gasteiger partial charge in [0.15, 0.2) is 23.0 Å². The number of benzene rings is 2. The number of phenolic OH excluding ortho intramolecular Hbond substituents is 1. The van der Waals surface area contributed by atoms with E-state index in [9.17, 15) is 14.7 Å². The van der Waals surface area contributed by atoms with Gasteiger partial charge in [-0.2, -0.15) is 0 Å². The fourth-order valence-corrected chi connectivity index (χ4v) is 6.42. The van der Waals surface area contributed by atoms with E-state index in [2.05, 4.69) is 21.3 Å². The normalized spacial score (nSPS) is 21.2. The second kappa shape index (κ2) is 15.5. The summed E-state index contributed by atoms with van der Waals surface area (Å²) in [5, 5.41) is 23.8. The maximum absolute atomic E-state index is 13.3. The first-order valence-electron chi connectivity index (χ1n) is 15.6. The molecule has 7 N–H and O–H groups in total. The van der Waals surface area contributed by atoms with Crippen molar-refractivity contribution in [3.63, 3.8) is 0 Å². The Morgan fingerprint density at radius 1 is 0.889 bits per heavy atom. The fourth-order valence-electron chi connectivity index (χ4n) is 6.42. The fraction of sp³-hybridized carbons (Fsp3) is 0.562. The van der Waals surface area contributed by atoms with Crippen molar-refractivity contribution in [1.82, 2.24) is 21.3 Å². The van der Waals surface area contributed by atoms with Gasteiger partial charge in [0.1, 0.15) is 0 Å². The molecule has 0 saturated carbocycles. The predicted molar refractivity (Wildman–Crippen MR) is 166 cm³/mol. The lowest BCUT2D eigenvalue weighted by Crippen LogP contribution is -2.45.